The van der Waals surface area contributed by atoms with Gasteiger partial charge in [0.15, 0.2) is 0 Å². The van der Waals surface area contributed by atoms with Crippen molar-refractivity contribution in [1.82, 2.24) is 14.5 Å². The Hall–Kier alpha value is -6.26. The van der Waals surface area contributed by atoms with Crippen molar-refractivity contribution < 1.29 is 9.22 Å². The van der Waals surface area contributed by atoms with Gasteiger partial charge in [-0.25, -0.2) is 4.98 Å². The maximum Gasteiger partial charge on any atom is 0.149 e. The molecule has 0 radical (unpaired) electrons. The van der Waals surface area contributed by atoms with Crippen molar-refractivity contribution in [2.24, 2.45) is 5.41 Å². The van der Waals surface area contributed by atoms with Crippen molar-refractivity contribution in [2.45, 2.75) is 132 Å². The van der Waals surface area contributed by atoms with Crippen LogP contribution in [0.15, 0.2) is 140 Å². The molecule has 4 nitrogen and oxygen atoms in total. The summed E-state index contributed by atoms with van der Waals surface area (Å²) in [5, 5.41) is 12.6. The van der Waals surface area contributed by atoms with Gasteiger partial charge in [0, 0.05) is 31.2 Å². The Kier molecular flexibility index (Phi) is 11.1. The van der Waals surface area contributed by atoms with Gasteiger partial charge in [0.05, 0.1) is 29.3 Å². The Balaban J connectivity index is 1.41. The topological polar surface area (TPSA) is 50.9 Å². The summed E-state index contributed by atoms with van der Waals surface area (Å²) < 4.78 is 28.9. The fourth-order valence-corrected chi connectivity index (χ4v) is 8.86. The number of rotatable bonds is 7. The molecule has 8 rings (SSSR count). The molecule has 0 saturated carbocycles. The van der Waals surface area contributed by atoms with Crippen LogP contribution in [0.5, 0.6) is 5.75 Å². The summed E-state index contributed by atoms with van der Waals surface area (Å²) in [5.74, 6) is 0.877. The molecular formula is C63H71N3O. The second-order valence-electron chi connectivity index (χ2n) is 23.6. The molecule has 0 atom stereocenters. The van der Waals surface area contributed by atoms with E-state index >= 15 is 0 Å². The number of aromatic nitrogens is 3. The molecule has 1 N–H and O–H groups in total. The highest BCUT2D eigenvalue weighted by Crippen LogP contribution is 2.46. The van der Waals surface area contributed by atoms with E-state index in [0.29, 0.717) is 22.6 Å². The third-order valence-corrected chi connectivity index (χ3v) is 12.7. The number of aromatic hydroxyl groups is 1. The SMILES string of the molecule is [2H]c1cc(-c2ccc(C([2H])([2H])C(C)(C)C)cc2)cc(-c2cc(-c3cccc4c3nc(-c3cc(C(C)(C)C)cc(C(C)(C)C)c3O)n4-c3ccc(C(C)(C)C)cc3-c3ccccc3)cc(C(C)(C)C)c2)n1. The van der Waals surface area contributed by atoms with Gasteiger partial charge in [0.25, 0.3) is 0 Å². The van der Waals surface area contributed by atoms with Gasteiger partial charge in [0.1, 0.15) is 11.6 Å². The quantitative estimate of drug-likeness (QED) is 0.173. The van der Waals surface area contributed by atoms with Crippen LogP contribution < -0.4 is 0 Å². The number of hydrogen-bond donors (Lipinski definition) is 1. The first-order chi connectivity index (χ1) is 32.4. The zero-order chi connectivity index (χ0) is 51.1. The number of imidazole rings is 1. The number of phenols is 1. The van der Waals surface area contributed by atoms with Gasteiger partial charge in [-0.1, -0.05) is 189 Å². The third-order valence-electron chi connectivity index (χ3n) is 12.7. The molecule has 67 heavy (non-hydrogen) atoms. The van der Waals surface area contributed by atoms with Crippen LogP contribution in [0.1, 0.15) is 136 Å². The minimum Gasteiger partial charge on any atom is -0.507 e. The number of para-hydroxylation sites is 1. The van der Waals surface area contributed by atoms with Crippen LogP contribution in [0.2, 0.25) is 0 Å². The van der Waals surface area contributed by atoms with Gasteiger partial charge in [0.2, 0.25) is 0 Å². The highest BCUT2D eigenvalue weighted by atomic mass is 16.3. The summed E-state index contributed by atoms with van der Waals surface area (Å²) in [6, 6.07) is 46.0. The first kappa shape index (κ1) is 43.3. The number of pyridine rings is 1. The van der Waals surface area contributed by atoms with Crippen LogP contribution in [0.25, 0.3) is 72.7 Å². The summed E-state index contributed by atoms with van der Waals surface area (Å²) in [4.78, 5) is 10.5. The first-order valence-electron chi connectivity index (χ1n) is 25.3. The third kappa shape index (κ3) is 9.91. The number of fused-ring (bicyclic) bond motifs is 1. The maximum absolute atomic E-state index is 12.6. The van der Waals surface area contributed by atoms with E-state index in [-0.39, 0.29) is 33.6 Å². The summed E-state index contributed by atoms with van der Waals surface area (Å²) in [6.07, 6.45) is -1.38. The van der Waals surface area contributed by atoms with Crippen LogP contribution in [-0.2, 0) is 28.0 Å². The molecule has 0 aliphatic rings. The Labute approximate surface area is 405 Å². The number of nitrogens with zero attached hydrogens (tertiary/aromatic N) is 3. The van der Waals surface area contributed by atoms with Gasteiger partial charge in [-0.15, -0.1) is 0 Å². The second-order valence-corrected chi connectivity index (χ2v) is 23.6. The van der Waals surface area contributed by atoms with E-state index in [4.69, 9.17) is 14.1 Å². The molecule has 2 aromatic heterocycles. The number of phenolic OH excluding ortho intramolecular Hbond substituents is 1. The van der Waals surface area contributed by atoms with Crippen LogP contribution in [-0.4, -0.2) is 19.6 Å². The summed E-state index contributed by atoms with van der Waals surface area (Å²) in [5.41, 5.74) is 14.1. The molecule has 0 aliphatic heterocycles. The monoisotopic (exact) mass is 889 g/mol. The molecule has 6 aromatic carbocycles. The Bertz CT molecular complexity index is 3260. The van der Waals surface area contributed by atoms with Crippen LogP contribution in [0, 0.1) is 5.41 Å². The van der Waals surface area contributed by atoms with E-state index in [1.54, 1.807) is 6.07 Å². The van der Waals surface area contributed by atoms with E-state index < -0.39 is 11.8 Å². The summed E-state index contributed by atoms with van der Waals surface area (Å²) in [6.45, 7) is 32.2. The minimum absolute atomic E-state index is 0.102. The Morgan fingerprint density at radius 1 is 0.507 bits per heavy atom. The Morgan fingerprint density at radius 2 is 1.13 bits per heavy atom. The number of hydrogen-bond acceptors (Lipinski definition) is 3. The standard InChI is InChI=1S/C63H71N3O/c1-59(2,3)39-40-24-26-41(27-25-40)43-30-31-64-53(35-43)45-32-44(33-47(34-45)61(7,8)9)49-22-19-23-55-56(49)65-58(51-37-48(62(10,11)12)38-52(57(51)67)63(13,14)15)66(55)54-29-28-46(60(4,5)6)36-50(54)42-20-17-16-18-21-42/h16-38,67H,39H2,1-15H3/i31D,39D2. The Morgan fingerprint density at radius 3 is 1.76 bits per heavy atom. The maximum atomic E-state index is 12.6. The van der Waals surface area contributed by atoms with E-state index in [2.05, 4.69) is 185 Å². The largest absolute Gasteiger partial charge is 0.507 e. The van der Waals surface area contributed by atoms with Crippen molar-refractivity contribution in [3.8, 4) is 67.5 Å². The molecule has 8 aromatic rings. The smallest absolute Gasteiger partial charge is 0.149 e. The normalized spacial score (nSPS) is 13.7. The second kappa shape index (κ2) is 17.1. The summed E-state index contributed by atoms with van der Waals surface area (Å²) in [7, 11) is 0. The lowest BCUT2D eigenvalue weighted by atomic mass is 9.79. The van der Waals surface area contributed by atoms with Crippen molar-refractivity contribution in [1.29, 1.82) is 0 Å². The van der Waals surface area contributed by atoms with E-state index in [1.165, 1.54) is 5.56 Å². The van der Waals surface area contributed by atoms with Gasteiger partial charge < -0.3 is 5.11 Å². The highest BCUT2D eigenvalue weighted by Gasteiger charge is 2.30. The molecule has 344 valence electrons. The first-order valence-corrected chi connectivity index (χ1v) is 23.8. The number of benzene rings is 6. The molecule has 2 heterocycles. The van der Waals surface area contributed by atoms with Crippen LogP contribution >= 0.6 is 0 Å². The molecule has 4 heteroatoms. The molecular weight excluding hydrogens is 815 g/mol. The van der Waals surface area contributed by atoms with Crippen LogP contribution in [0.4, 0.5) is 0 Å². The average Bonchev–Trinajstić information content (AvgIpc) is 3.66. The minimum atomic E-state index is -1.52. The lowest BCUT2D eigenvalue weighted by molar-refractivity contribution is 0.411. The van der Waals surface area contributed by atoms with Crippen molar-refractivity contribution >= 4 is 11.0 Å². The molecule has 0 amide bonds. The lowest BCUT2D eigenvalue weighted by Gasteiger charge is -2.28. The molecule has 0 fully saturated rings. The highest BCUT2D eigenvalue weighted by molar-refractivity contribution is 5.98. The lowest BCUT2D eigenvalue weighted by Crippen LogP contribution is -2.17. The van der Waals surface area contributed by atoms with Crippen molar-refractivity contribution in [3.63, 3.8) is 0 Å². The molecule has 0 bridgehead atoms. The van der Waals surface area contributed by atoms with Gasteiger partial charge in [-0.3, -0.25) is 9.55 Å². The van der Waals surface area contributed by atoms with Gasteiger partial charge in [-0.05, 0) is 126 Å². The summed E-state index contributed by atoms with van der Waals surface area (Å²) >= 11 is 0. The van der Waals surface area contributed by atoms with Crippen LogP contribution in [0.3, 0.4) is 0 Å². The molecule has 0 aliphatic carbocycles. The molecule has 0 saturated heterocycles. The van der Waals surface area contributed by atoms with Crippen molar-refractivity contribution in [3.05, 3.63) is 167 Å². The van der Waals surface area contributed by atoms with Crippen molar-refractivity contribution in [2.75, 3.05) is 0 Å². The predicted molar refractivity (Wildman–Crippen MR) is 286 cm³/mol. The van der Waals surface area contributed by atoms with E-state index in [0.717, 1.165) is 72.4 Å². The molecule has 0 unspecified atom stereocenters. The fourth-order valence-electron chi connectivity index (χ4n) is 8.86. The van der Waals surface area contributed by atoms with Gasteiger partial charge in [-0.2, -0.15) is 0 Å². The predicted octanol–water partition coefficient (Wildman–Crippen LogP) is 17.2. The zero-order valence-electron chi connectivity index (χ0n) is 45.5. The van der Waals surface area contributed by atoms with E-state index in [1.807, 2.05) is 51.1 Å². The average molecular weight is 889 g/mol. The van der Waals surface area contributed by atoms with Gasteiger partial charge >= 0.3 is 0 Å². The van der Waals surface area contributed by atoms with E-state index in [9.17, 15) is 5.11 Å². The fraction of sp³-hybridized carbons (Fsp3) is 0.333. The zero-order valence-corrected chi connectivity index (χ0v) is 42.5. The molecule has 0 spiro atoms.